The Balaban J connectivity index is 1.16. The van der Waals surface area contributed by atoms with E-state index in [1.54, 1.807) is 11.8 Å². The second-order valence-electron chi connectivity index (χ2n) is 7.21. The van der Waals surface area contributed by atoms with Crippen LogP contribution in [0.4, 0.5) is 0 Å². The lowest BCUT2D eigenvalue weighted by molar-refractivity contribution is 0.0951. The molecule has 0 radical (unpaired) electrons. The molecular formula is C24H21N3O3S. The number of imidazole rings is 1. The first-order chi connectivity index (χ1) is 15.2. The SMILES string of the molecule is O=C(NCc1ccc2c(c1)OCCO2)c1ccc(CSc2nc3ccccc3[nH]2)cc1. The van der Waals surface area contributed by atoms with E-state index in [2.05, 4.69) is 15.3 Å². The van der Waals surface area contributed by atoms with Crippen LogP contribution >= 0.6 is 11.8 Å². The van der Waals surface area contributed by atoms with Gasteiger partial charge in [0.05, 0.1) is 11.0 Å². The first-order valence-corrected chi connectivity index (χ1v) is 11.1. The van der Waals surface area contributed by atoms with Gasteiger partial charge >= 0.3 is 0 Å². The highest BCUT2D eigenvalue weighted by molar-refractivity contribution is 7.98. The Hall–Kier alpha value is -3.45. The number of nitrogens with one attached hydrogen (secondary N) is 2. The van der Waals surface area contributed by atoms with Gasteiger partial charge in [-0.05, 0) is 47.5 Å². The number of amides is 1. The third-order valence-corrected chi connectivity index (χ3v) is 5.96. The highest BCUT2D eigenvalue weighted by Crippen LogP contribution is 2.30. The molecule has 5 rings (SSSR count). The van der Waals surface area contributed by atoms with Crippen molar-refractivity contribution >= 4 is 28.7 Å². The minimum Gasteiger partial charge on any atom is -0.486 e. The molecule has 0 unspecified atom stereocenters. The molecule has 0 bridgehead atoms. The topological polar surface area (TPSA) is 76.2 Å². The Bertz CT molecular complexity index is 1190. The zero-order valence-electron chi connectivity index (χ0n) is 16.8. The Morgan fingerprint density at radius 2 is 1.74 bits per heavy atom. The van der Waals surface area contributed by atoms with Crippen molar-refractivity contribution in [2.24, 2.45) is 0 Å². The zero-order chi connectivity index (χ0) is 21.0. The number of carbonyl (C=O) groups is 1. The number of aromatic amines is 1. The lowest BCUT2D eigenvalue weighted by Crippen LogP contribution is -2.23. The molecule has 1 aromatic heterocycles. The van der Waals surface area contributed by atoms with Crippen LogP contribution in [-0.2, 0) is 12.3 Å². The second-order valence-corrected chi connectivity index (χ2v) is 8.17. The van der Waals surface area contributed by atoms with Crippen LogP contribution in [0.3, 0.4) is 0 Å². The van der Waals surface area contributed by atoms with E-state index in [0.29, 0.717) is 25.3 Å². The highest BCUT2D eigenvalue weighted by atomic mass is 32.2. The van der Waals surface area contributed by atoms with Crippen LogP contribution in [0.25, 0.3) is 11.0 Å². The first-order valence-electron chi connectivity index (χ1n) is 10.1. The van der Waals surface area contributed by atoms with Crippen LogP contribution in [0.5, 0.6) is 11.5 Å². The summed E-state index contributed by atoms with van der Waals surface area (Å²) in [6.45, 7) is 1.54. The number of hydrogen-bond donors (Lipinski definition) is 2. The van der Waals surface area contributed by atoms with Crippen molar-refractivity contribution in [2.75, 3.05) is 13.2 Å². The third kappa shape index (κ3) is 4.51. The fourth-order valence-electron chi connectivity index (χ4n) is 3.38. The van der Waals surface area contributed by atoms with E-state index in [0.717, 1.165) is 44.6 Å². The number of para-hydroxylation sites is 2. The van der Waals surface area contributed by atoms with Crippen molar-refractivity contribution in [3.05, 3.63) is 83.4 Å². The van der Waals surface area contributed by atoms with Crippen LogP contribution in [0.2, 0.25) is 0 Å². The minimum atomic E-state index is -0.105. The molecule has 0 fully saturated rings. The molecule has 2 heterocycles. The maximum Gasteiger partial charge on any atom is 0.251 e. The monoisotopic (exact) mass is 431 g/mol. The molecule has 0 saturated carbocycles. The number of aromatic nitrogens is 2. The van der Waals surface area contributed by atoms with E-state index in [4.69, 9.17) is 9.47 Å². The molecule has 0 saturated heterocycles. The molecule has 31 heavy (non-hydrogen) atoms. The summed E-state index contributed by atoms with van der Waals surface area (Å²) in [6.07, 6.45) is 0. The molecule has 7 heteroatoms. The fourth-order valence-corrected chi connectivity index (χ4v) is 4.22. The minimum absolute atomic E-state index is 0.105. The van der Waals surface area contributed by atoms with Gasteiger partial charge in [-0.3, -0.25) is 4.79 Å². The quantitative estimate of drug-likeness (QED) is 0.438. The largest absolute Gasteiger partial charge is 0.486 e. The van der Waals surface area contributed by atoms with E-state index in [-0.39, 0.29) is 5.91 Å². The lowest BCUT2D eigenvalue weighted by atomic mass is 10.1. The van der Waals surface area contributed by atoms with Crippen molar-refractivity contribution in [3.8, 4) is 11.5 Å². The number of benzene rings is 3. The predicted molar refractivity (Wildman–Crippen MR) is 121 cm³/mol. The summed E-state index contributed by atoms with van der Waals surface area (Å²) < 4.78 is 11.1. The van der Waals surface area contributed by atoms with Gasteiger partial charge in [-0.1, -0.05) is 42.1 Å². The summed E-state index contributed by atoms with van der Waals surface area (Å²) in [7, 11) is 0. The van der Waals surface area contributed by atoms with Crippen molar-refractivity contribution in [3.63, 3.8) is 0 Å². The predicted octanol–water partition coefficient (Wildman–Crippen LogP) is 4.56. The van der Waals surface area contributed by atoms with Gasteiger partial charge in [-0.15, -0.1) is 0 Å². The molecule has 1 aliphatic rings. The van der Waals surface area contributed by atoms with Crippen LogP contribution in [-0.4, -0.2) is 29.1 Å². The van der Waals surface area contributed by atoms with Crippen LogP contribution < -0.4 is 14.8 Å². The number of hydrogen-bond acceptors (Lipinski definition) is 5. The summed E-state index contributed by atoms with van der Waals surface area (Å²) in [5.41, 5.74) is 4.74. The summed E-state index contributed by atoms with van der Waals surface area (Å²) in [5, 5.41) is 3.85. The average molecular weight is 432 g/mol. The van der Waals surface area contributed by atoms with Gasteiger partial charge in [0.25, 0.3) is 5.91 Å². The Morgan fingerprint density at radius 3 is 2.58 bits per heavy atom. The van der Waals surface area contributed by atoms with Crippen molar-refractivity contribution < 1.29 is 14.3 Å². The lowest BCUT2D eigenvalue weighted by Gasteiger charge is -2.19. The van der Waals surface area contributed by atoms with Crippen molar-refractivity contribution in [1.29, 1.82) is 0 Å². The molecule has 0 aliphatic carbocycles. The Morgan fingerprint density at radius 1 is 0.968 bits per heavy atom. The van der Waals surface area contributed by atoms with Gasteiger partial charge in [0, 0.05) is 17.9 Å². The van der Waals surface area contributed by atoms with Crippen molar-refractivity contribution in [1.82, 2.24) is 15.3 Å². The molecule has 1 aliphatic heterocycles. The summed E-state index contributed by atoms with van der Waals surface area (Å²) in [6, 6.07) is 21.4. The number of carbonyl (C=O) groups excluding carboxylic acids is 1. The molecule has 3 aromatic carbocycles. The van der Waals surface area contributed by atoms with E-state index < -0.39 is 0 Å². The molecule has 0 atom stereocenters. The van der Waals surface area contributed by atoms with Gasteiger partial charge in [0.2, 0.25) is 0 Å². The molecule has 156 valence electrons. The Kier molecular flexibility index (Phi) is 5.50. The first kappa shape index (κ1) is 19.5. The number of ether oxygens (including phenoxy) is 2. The average Bonchev–Trinajstić information content (AvgIpc) is 3.24. The number of nitrogens with zero attached hydrogens (tertiary/aromatic N) is 1. The zero-order valence-corrected chi connectivity index (χ0v) is 17.6. The summed E-state index contributed by atoms with van der Waals surface area (Å²) in [5.74, 6) is 2.15. The van der Waals surface area contributed by atoms with Crippen LogP contribution in [0.1, 0.15) is 21.5 Å². The van der Waals surface area contributed by atoms with E-state index >= 15 is 0 Å². The van der Waals surface area contributed by atoms with E-state index in [1.165, 1.54) is 0 Å². The van der Waals surface area contributed by atoms with Crippen LogP contribution in [0, 0.1) is 0 Å². The van der Waals surface area contributed by atoms with Gasteiger partial charge in [0.1, 0.15) is 13.2 Å². The Labute approximate surface area is 184 Å². The van der Waals surface area contributed by atoms with Gasteiger partial charge in [-0.2, -0.15) is 0 Å². The molecule has 2 N–H and O–H groups in total. The van der Waals surface area contributed by atoms with Crippen molar-refractivity contribution in [2.45, 2.75) is 17.5 Å². The van der Waals surface area contributed by atoms with Gasteiger partial charge < -0.3 is 19.8 Å². The normalized spacial score (nSPS) is 12.6. The van der Waals surface area contributed by atoms with Gasteiger partial charge in [0.15, 0.2) is 16.7 Å². The summed E-state index contributed by atoms with van der Waals surface area (Å²) in [4.78, 5) is 20.4. The van der Waals surface area contributed by atoms with Gasteiger partial charge in [-0.25, -0.2) is 4.98 Å². The fraction of sp³-hybridized carbons (Fsp3) is 0.167. The maximum absolute atomic E-state index is 12.5. The van der Waals surface area contributed by atoms with Crippen LogP contribution in [0.15, 0.2) is 71.9 Å². The third-order valence-electron chi connectivity index (χ3n) is 5.02. The molecule has 0 spiro atoms. The molecule has 6 nitrogen and oxygen atoms in total. The smallest absolute Gasteiger partial charge is 0.251 e. The molecule has 1 amide bonds. The number of thioether (sulfide) groups is 1. The molecule has 4 aromatic rings. The molecular weight excluding hydrogens is 410 g/mol. The maximum atomic E-state index is 12.5. The summed E-state index contributed by atoms with van der Waals surface area (Å²) >= 11 is 1.64. The highest BCUT2D eigenvalue weighted by Gasteiger charge is 2.12. The number of rotatable bonds is 6. The van der Waals surface area contributed by atoms with E-state index in [1.807, 2.05) is 66.7 Å². The van der Waals surface area contributed by atoms with E-state index in [9.17, 15) is 4.79 Å². The second kappa shape index (κ2) is 8.73. The number of H-pyrrole nitrogens is 1. The standard InChI is InChI=1S/C24H21N3O3S/c28-23(25-14-17-7-10-21-22(13-17)30-12-11-29-21)18-8-5-16(6-9-18)15-31-24-26-19-3-1-2-4-20(19)27-24/h1-10,13H,11-12,14-15H2,(H,25,28)(H,26,27). The number of fused-ring (bicyclic) bond motifs is 2.